The third-order valence-electron chi connectivity index (χ3n) is 2.95. The van der Waals surface area contributed by atoms with Crippen molar-refractivity contribution in [3.05, 3.63) is 34.0 Å². The van der Waals surface area contributed by atoms with Crippen molar-refractivity contribution in [2.24, 2.45) is 0 Å². The topological polar surface area (TPSA) is 68.5 Å². The Balaban J connectivity index is 2.14. The van der Waals surface area contributed by atoms with Crippen LogP contribution in [0.5, 0.6) is 0 Å². The van der Waals surface area contributed by atoms with Crippen LogP contribution in [0.25, 0.3) is 11.0 Å². The van der Waals surface area contributed by atoms with E-state index in [1.165, 1.54) is 7.11 Å². The van der Waals surface area contributed by atoms with Crippen molar-refractivity contribution >= 4 is 38.8 Å². The lowest BCUT2D eigenvalue weighted by atomic mass is 10.1. The Kier molecular flexibility index (Phi) is 4.44. The molecule has 1 heterocycles. The fourth-order valence-corrected chi connectivity index (χ4v) is 2.23. The third kappa shape index (κ3) is 3.01. The summed E-state index contributed by atoms with van der Waals surface area (Å²) in [6.07, 6.45) is 0.132. The van der Waals surface area contributed by atoms with Crippen LogP contribution in [0.1, 0.15) is 22.5 Å². The highest BCUT2D eigenvalue weighted by atomic mass is 79.9. The maximum atomic E-state index is 12.0. The van der Waals surface area contributed by atoms with Gasteiger partial charge in [-0.15, -0.1) is 0 Å². The number of hydrogen-bond donors (Lipinski definition) is 1. The standard InChI is InChI=1S/C14H14BrNO4/c1-8-10-7-9(15)3-4-11(10)20-13(8)14(18)16-6-5-12(17)19-2/h3-4,7H,5-6H2,1-2H3,(H,16,18). The minimum absolute atomic E-state index is 0.132. The average molecular weight is 340 g/mol. The van der Waals surface area contributed by atoms with Gasteiger partial charge in [-0.1, -0.05) is 15.9 Å². The normalized spacial score (nSPS) is 10.6. The van der Waals surface area contributed by atoms with Crippen LogP contribution in [-0.2, 0) is 9.53 Å². The Labute approximate surface area is 124 Å². The number of fused-ring (bicyclic) bond motifs is 1. The van der Waals surface area contributed by atoms with E-state index in [4.69, 9.17) is 4.42 Å². The number of methoxy groups -OCH3 is 1. The molecule has 6 heteroatoms. The van der Waals surface area contributed by atoms with Crippen LogP contribution in [0, 0.1) is 6.92 Å². The molecule has 5 nitrogen and oxygen atoms in total. The molecule has 0 radical (unpaired) electrons. The molecule has 0 bridgehead atoms. The van der Waals surface area contributed by atoms with Gasteiger partial charge in [0.2, 0.25) is 0 Å². The summed E-state index contributed by atoms with van der Waals surface area (Å²) in [6.45, 7) is 2.04. The number of carbonyl (C=O) groups is 2. The average Bonchev–Trinajstić information content (AvgIpc) is 2.75. The fourth-order valence-electron chi connectivity index (χ4n) is 1.87. The Morgan fingerprint density at radius 1 is 1.40 bits per heavy atom. The van der Waals surface area contributed by atoms with Crippen LogP contribution < -0.4 is 5.32 Å². The van der Waals surface area contributed by atoms with Crippen molar-refractivity contribution in [1.82, 2.24) is 5.32 Å². The van der Waals surface area contributed by atoms with Gasteiger partial charge < -0.3 is 14.5 Å². The number of carbonyl (C=O) groups excluding carboxylic acids is 2. The molecule has 1 aromatic heterocycles. The SMILES string of the molecule is COC(=O)CCNC(=O)c1oc2ccc(Br)cc2c1C. The summed E-state index contributed by atoms with van der Waals surface area (Å²) in [7, 11) is 1.31. The molecular formula is C14H14BrNO4. The van der Waals surface area contributed by atoms with Crippen molar-refractivity contribution in [3.63, 3.8) is 0 Å². The quantitative estimate of drug-likeness (QED) is 0.869. The van der Waals surface area contributed by atoms with E-state index in [1.54, 1.807) is 6.07 Å². The van der Waals surface area contributed by atoms with Crippen molar-refractivity contribution < 1.29 is 18.7 Å². The van der Waals surface area contributed by atoms with E-state index >= 15 is 0 Å². The number of halogens is 1. The first-order valence-electron chi connectivity index (χ1n) is 6.06. The van der Waals surface area contributed by atoms with Gasteiger partial charge in [-0.2, -0.15) is 0 Å². The summed E-state index contributed by atoms with van der Waals surface area (Å²) in [5.41, 5.74) is 1.43. The summed E-state index contributed by atoms with van der Waals surface area (Å²) < 4.78 is 11.0. The molecule has 0 spiro atoms. The fraction of sp³-hybridized carbons (Fsp3) is 0.286. The first kappa shape index (κ1) is 14.6. The molecule has 0 aliphatic rings. The molecule has 2 aromatic rings. The number of esters is 1. The van der Waals surface area contributed by atoms with Crippen molar-refractivity contribution in [2.45, 2.75) is 13.3 Å². The number of hydrogen-bond acceptors (Lipinski definition) is 4. The molecule has 1 aromatic carbocycles. The van der Waals surface area contributed by atoms with E-state index in [-0.39, 0.29) is 30.6 Å². The Bertz CT molecular complexity index is 662. The summed E-state index contributed by atoms with van der Waals surface area (Å²) in [6, 6.07) is 5.56. The van der Waals surface area contributed by atoms with Crippen LogP contribution in [0.2, 0.25) is 0 Å². The number of amides is 1. The maximum absolute atomic E-state index is 12.0. The largest absolute Gasteiger partial charge is 0.469 e. The lowest BCUT2D eigenvalue weighted by molar-refractivity contribution is -0.140. The van der Waals surface area contributed by atoms with Crippen LogP contribution in [-0.4, -0.2) is 25.5 Å². The number of aryl methyl sites for hydroxylation is 1. The monoisotopic (exact) mass is 339 g/mol. The second-order valence-electron chi connectivity index (χ2n) is 4.28. The molecule has 1 N–H and O–H groups in total. The molecule has 0 fully saturated rings. The molecule has 0 aliphatic carbocycles. The molecule has 0 unspecified atom stereocenters. The van der Waals surface area contributed by atoms with Crippen LogP contribution >= 0.6 is 15.9 Å². The Hall–Kier alpha value is -1.82. The highest BCUT2D eigenvalue weighted by molar-refractivity contribution is 9.10. The van der Waals surface area contributed by atoms with Crippen molar-refractivity contribution in [1.29, 1.82) is 0 Å². The van der Waals surface area contributed by atoms with Gasteiger partial charge in [-0.25, -0.2) is 0 Å². The van der Waals surface area contributed by atoms with Gasteiger partial charge >= 0.3 is 5.97 Å². The third-order valence-corrected chi connectivity index (χ3v) is 3.44. The number of furan rings is 1. The molecule has 1 amide bonds. The predicted octanol–water partition coefficient (Wildman–Crippen LogP) is 2.80. The number of benzene rings is 1. The van der Waals surface area contributed by atoms with Gasteiger partial charge in [-0.05, 0) is 25.1 Å². The van der Waals surface area contributed by atoms with Gasteiger partial charge in [0.25, 0.3) is 5.91 Å². The molecule has 0 saturated heterocycles. The van der Waals surface area contributed by atoms with Crippen LogP contribution in [0.4, 0.5) is 0 Å². The predicted molar refractivity (Wildman–Crippen MR) is 77.6 cm³/mol. The molecule has 20 heavy (non-hydrogen) atoms. The van der Waals surface area contributed by atoms with E-state index in [1.807, 2.05) is 19.1 Å². The van der Waals surface area contributed by atoms with E-state index in [0.717, 1.165) is 15.4 Å². The molecule has 0 atom stereocenters. The van der Waals surface area contributed by atoms with E-state index in [2.05, 4.69) is 26.0 Å². The molecule has 2 rings (SSSR count). The molecule has 0 saturated carbocycles. The summed E-state index contributed by atoms with van der Waals surface area (Å²) in [5.74, 6) is -0.433. The van der Waals surface area contributed by atoms with Gasteiger partial charge in [0, 0.05) is 22.0 Å². The second kappa shape index (κ2) is 6.09. The van der Waals surface area contributed by atoms with Crippen molar-refractivity contribution in [2.75, 3.05) is 13.7 Å². The van der Waals surface area contributed by atoms with Gasteiger partial charge in [-0.3, -0.25) is 9.59 Å². The number of nitrogens with one attached hydrogen (secondary N) is 1. The van der Waals surface area contributed by atoms with E-state index in [0.29, 0.717) is 5.58 Å². The first-order valence-corrected chi connectivity index (χ1v) is 6.86. The summed E-state index contributed by atoms with van der Waals surface area (Å²) in [4.78, 5) is 23.0. The Morgan fingerprint density at radius 3 is 2.85 bits per heavy atom. The molecule has 106 valence electrons. The lowest BCUT2D eigenvalue weighted by Gasteiger charge is -2.02. The van der Waals surface area contributed by atoms with Crippen LogP contribution in [0.15, 0.2) is 27.1 Å². The van der Waals surface area contributed by atoms with Gasteiger partial charge in [0.15, 0.2) is 5.76 Å². The first-order chi connectivity index (χ1) is 9.52. The smallest absolute Gasteiger partial charge is 0.307 e. The van der Waals surface area contributed by atoms with E-state index < -0.39 is 0 Å². The lowest BCUT2D eigenvalue weighted by Crippen LogP contribution is -2.26. The van der Waals surface area contributed by atoms with Crippen molar-refractivity contribution in [3.8, 4) is 0 Å². The summed E-state index contributed by atoms with van der Waals surface area (Å²) >= 11 is 3.39. The van der Waals surface area contributed by atoms with Gasteiger partial charge in [0.1, 0.15) is 5.58 Å². The molecule has 0 aliphatic heterocycles. The zero-order valence-corrected chi connectivity index (χ0v) is 12.7. The number of rotatable bonds is 4. The minimum Gasteiger partial charge on any atom is -0.469 e. The number of ether oxygens (including phenoxy) is 1. The zero-order chi connectivity index (χ0) is 14.7. The zero-order valence-electron chi connectivity index (χ0n) is 11.2. The minimum atomic E-state index is -0.365. The summed E-state index contributed by atoms with van der Waals surface area (Å²) in [5, 5.41) is 3.52. The van der Waals surface area contributed by atoms with E-state index in [9.17, 15) is 9.59 Å². The highest BCUT2D eigenvalue weighted by Gasteiger charge is 2.17. The van der Waals surface area contributed by atoms with Gasteiger partial charge in [0.05, 0.1) is 13.5 Å². The molecular weight excluding hydrogens is 326 g/mol. The Morgan fingerprint density at radius 2 is 2.15 bits per heavy atom. The van der Waals surface area contributed by atoms with Crippen LogP contribution in [0.3, 0.4) is 0 Å². The maximum Gasteiger partial charge on any atom is 0.307 e. The highest BCUT2D eigenvalue weighted by Crippen LogP contribution is 2.27. The second-order valence-corrected chi connectivity index (χ2v) is 5.19.